The molecule has 0 atom stereocenters. The second-order valence-electron chi connectivity index (χ2n) is 16.8. The Kier molecular flexibility index (Phi) is 15.8. The number of likely N-dealkylation sites (tertiary alicyclic amines) is 1. The monoisotopic (exact) mass is 902 g/mol. The number of nitrogens with zero attached hydrogens (tertiary/aromatic N) is 7. The standard InChI is InChI=1S/C25H37N7O4.C18H22BrN5O/c1-16-8-9-17(23(33)26-5)14-19(16)27-21-20(32(34)35)22(31(7)15-25(2,3)4)29-24(28-21)36-18-10-12-30(6)13-11-18;1-11-7-8-12(17(25)20-2)9-15(11)23-16-14(19)10-21-18(24-16)22-13-5-3-4-6-13/h8-9,14,18H,10-13,15H2,1-7H3,(H,26,33)(H,27,28,29);7-10,13H,3-6H2,1-2H3,(H,20,25)(H2,21,22,23,24). The molecule has 0 unspecified atom stereocenters. The number of benzene rings is 2. The van der Waals surface area contributed by atoms with Crippen LogP contribution in [-0.4, -0.2) is 102 Å². The van der Waals surface area contributed by atoms with Crippen molar-refractivity contribution in [3.8, 4) is 6.01 Å². The average molecular weight is 904 g/mol. The van der Waals surface area contributed by atoms with Crippen molar-refractivity contribution in [1.82, 2.24) is 35.5 Å². The Bertz CT molecular complexity index is 2190. The topological polar surface area (TPSA) is 205 Å². The molecule has 2 aromatic heterocycles. The molecule has 18 heteroatoms. The zero-order valence-corrected chi connectivity index (χ0v) is 38.2. The highest BCUT2D eigenvalue weighted by Gasteiger charge is 2.31. The van der Waals surface area contributed by atoms with Gasteiger partial charge in [0.1, 0.15) is 11.9 Å². The second kappa shape index (κ2) is 20.8. The molecule has 2 fully saturated rings. The lowest BCUT2D eigenvalue weighted by Gasteiger charge is -2.30. The molecule has 0 bridgehead atoms. The summed E-state index contributed by atoms with van der Waals surface area (Å²) in [5, 5.41) is 27.3. The van der Waals surface area contributed by atoms with E-state index in [2.05, 4.69) is 95.2 Å². The van der Waals surface area contributed by atoms with E-state index < -0.39 is 4.92 Å². The Balaban J connectivity index is 0.000000246. The molecule has 1 aliphatic heterocycles. The van der Waals surface area contributed by atoms with Gasteiger partial charge < -0.3 is 41.1 Å². The molecule has 4 aromatic rings. The molecule has 0 spiro atoms. The Morgan fingerprint density at radius 2 is 1.46 bits per heavy atom. The predicted octanol–water partition coefficient (Wildman–Crippen LogP) is 7.76. The van der Waals surface area contributed by atoms with E-state index in [0.717, 1.165) is 60.1 Å². The number of halogens is 1. The summed E-state index contributed by atoms with van der Waals surface area (Å²) in [6.07, 6.45) is 8.14. The van der Waals surface area contributed by atoms with E-state index in [-0.39, 0.29) is 46.7 Å². The van der Waals surface area contributed by atoms with Crippen LogP contribution in [0.3, 0.4) is 0 Å². The number of aromatic nitrogens is 4. The number of ether oxygens (including phenoxy) is 1. The molecule has 1 aliphatic carbocycles. The van der Waals surface area contributed by atoms with Crippen LogP contribution in [0, 0.1) is 29.4 Å². The zero-order valence-electron chi connectivity index (χ0n) is 36.6. The molecule has 17 nitrogen and oxygen atoms in total. The van der Waals surface area contributed by atoms with Gasteiger partial charge in [-0.3, -0.25) is 19.7 Å². The molecule has 6 rings (SSSR count). The van der Waals surface area contributed by atoms with Crippen LogP contribution in [-0.2, 0) is 0 Å². The maximum atomic E-state index is 12.3. The van der Waals surface area contributed by atoms with Crippen LogP contribution in [0.25, 0.3) is 0 Å². The number of piperidine rings is 1. The van der Waals surface area contributed by atoms with Crippen molar-refractivity contribution in [2.45, 2.75) is 85.3 Å². The van der Waals surface area contributed by atoms with Crippen molar-refractivity contribution >= 4 is 68.2 Å². The predicted molar refractivity (Wildman–Crippen MR) is 244 cm³/mol. The summed E-state index contributed by atoms with van der Waals surface area (Å²) in [6.45, 7) is 12.3. The number of anilines is 6. The van der Waals surface area contributed by atoms with Gasteiger partial charge in [0.05, 0.1) is 9.40 Å². The summed E-state index contributed by atoms with van der Waals surface area (Å²) in [7, 11) is 7.02. The fourth-order valence-corrected chi connectivity index (χ4v) is 7.44. The largest absolute Gasteiger partial charge is 0.460 e. The third kappa shape index (κ3) is 12.9. The van der Waals surface area contributed by atoms with E-state index in [1.54, 1.807) is 56.5 Å². The molecule has 0 radical (unpaired) electrons. The van der Waals surface area contributed by atoms with E-state index in [4.69, 9.17) is 4.74 Å². The molecule has 5 N–H and O–H groups in total. The van der Waals surface area contributed by atoms with Crippen molar-refractivity contribution in [3.05, 3.63) is 79.4 Å². The number of amides is 2. The molecule has 1 saturated heterocycles. The van der Waals surface area contributed by atoms with Crippen LogP contribution in [0.1, 0.15) is 91.1 Å². The van der Waals surface area contributed by atoms with Gasteiger partial charge in [-0.25, -0.2) is 4.98 Å². The van der Waals surface area contributed by atoms with Crippen molar-refractivity contribution in [3.63, 3.8) is 0 Å². The van der Waals surface area contributed by atoms with Gasteiger partial charge in [-0.05, 0) is 103 Å². The van der Waals surface area contributed by atoms with Gasteiger partial charge in [0.15, 0.2) is 0 Å². The van der Waals surface area contributed by atoms with Gasteiger partial charge in [-0.1, -0.05) is 45.7 Å². The third-order valence-electron chi connectivity index (χ3n) is 10.4. The molecule has 2 amide bonds. The second-order valence-corrected chi connectivity index (χ2v) is 17.7. The van der Waals surface area contributed by atoms with E-state index >= 15 is 0 Å². The third-order valence-corrected chi connectivity index (χ3v) is 11.0. The van der Waals surface area contributed by atoms with E-state index in [9.17, 15) is 19.7 Å². The van der Waals surface area contributed by atoms with E-state index in [1.165, 1.54) is 12.8 Å². The summed E-state index contributed by atoms with van der Waals surface area (Å²) in [6, 6.07) is 11.2. The van der Waals surface area contributed by atoms with E-state index in [0.29, 0.717) is 41.2 Å². The lowest BCUT2D eigenvalue weighted by atomic mass is 9.96. The molecular formula is C43H59BrN12O5. The number of nitro groups is 1. The normalized spacial score (nSPS) is 14.7. The van der Waals surface area contributed by atoms with Gasteiger partial charge in [0.25, 0.3) is 11.8 Å². The summed E-state index contributed by atoms with van der Waals surface area (Å²) >= 11 is 3.49. The number of rotatable bonds is 13. The minimum Gasteiger partial charge on any atom is -0.460 e. The number of hydrogen-bond donors (Lipinski definition) is 5. The SMILES string of the molecule is CNC(=O)c1ccc(C)c(Nc2nc(NC3CCCC3)ncc2Br)c1.CNC(=O)c1ccc(C)c(Nc2nc(OC3CCN(C)CC3)nc(N(C)CC(C)(C)C)c2[N+](=O)[O-])c1. The smallest absolute Gasteiger partial charge is 0.354 e. The van der Waals surface area contributed by atoms with Crippen molar-refractivity contribution in [1.29, 1.82) is 0 Å². The summed E-state index contributed by atoms with van der Waals surface area (Å²) in [5.41, 5.74) is 3.86. The van der Waals surface area contributed by atoms with Gasteiger partial charge in [-0.2, -0.15) is 15.0 Å². The number of hydrogen-bond acceptors (Lipinski definition) is 14. The number of carbonyl (C=O) groups excluding carboxylic acids is 2. The quantitative estimate of drug-likeness (QED) is 0.0643. The van der Waals surface area contributed by atoms with Gasteiger partial charge in [0.2, 0.25) is 17.6 Å². The number of carbonyl (C=O) groups is 2. The summed E-state index contributed by atoms with van der Waals surface area (Å²) in [5.74, 6) is 1.12. The lowest BCUT2D eigenvalue weighted by molar-refractivity contribution is -0.383. The maximum Gasteiger partial charge on any atom is 0.354 e. The van der Waals surface area contributed by atoms with Gasteiger partial charge in [-0.15, -0.1) is 0 Å². The fraction of sp³-hybridized carbons (Fsp3) is 0.488. The van der Waals surface area contributed by atoms with Crippen molar-refractivity contribution < 1.29 is 19.2 Å². The van der Waals surface area contributed by atoms with Gasteiger partial charge >= 0.3 is 11.7 Å². The summed E-state index contributed by atoms with van der Waals surface area (Å²) in [4.78, 5) is 57.7. The molecule has 1 saturated carbocycles. The first kappa shape index (κ1) is 46.4. The molecule has 328 valence electrons. The number of nitrogens with one attached hydrogen (secondary N) is 5. The minimum absolute atomic E-state index is 0.0193. The molecule has 61 heavy (non-hydrogen) atoms. The average Bonchev–Trinajstić information content (AvgIpc) is 3.73. The maximum absolute atomic E-state index is 12.3. The Morgan fingerprint density at radius 1 is 0.902 bits per heavy atom. The van der Waals surface area contributed by atoms with Gasteiger partial charge in [0, 0.05) is 75.5 Å². The van der Waals surface area contributed by atoms with Crippen LogP contribution < -0.4 is 36.2 Å². The first-order chi connectivity index (χ1) is 28.9. The Hall–Kier alpha value is -5.62. The van der Waals surface area contributed by atoms with Crippen LogP contribution in [0.4, 0.5) is 40.5 Å². The van der Waals surface area contributed by atoms with Crippen molar-refractivity contribution in [2.75, 3.05) is 68.7 Å². The number of aryl methyl sites for hydroxylation is 2. The molecular weight excluding hydrogens is 844 g/mol. The van der Waals surface area contributed by atoms with E-state index in [1.807, 2.05) is 26.0 Å². The Morgan fingerprint density at radius 3 is 1.98 bits per heavy atom. The molecule has 3 heterocycles. The van der Waals surface area contributed by atoms with Crippen LogP contribution >= 0.6 is 15.9 Å². The molecule has 2 aromatic carbocycles. The van der Waals surface area contributed by atoms with Crippen LogP contribution in [0.2, 0.25) is 0 Å². The first-order valence-electron chi connectivity index (χ1n) is 20.6. The Labute approximate surface area is 366 Å². The van der Waals surface area contributed by atoms with Crippen LogP contribution in [0.15, 0.2) is 47.1 Å². The van der Waals surface area contributed by atoms with Crippen LogP contribution in [0.5, 0.6) is 6.01 Å². The highest BCUT2D eigenvalue weighted by Crippen LogP contribution is 2.38. The lowest BCUT2D eigenvalue weighted by Crippen LogP contribution is -2.36. The highest BCUT2D eigenvalue weighted by atomic mass is 79.9. The zero-order chi connectivity index (χ0) is 44.4. The minimum atomic E-state index is -0.478. The summed E-state index contributed by atoms with van der Waals surface area (Å²) < 4.78 is 6.92. The fourth-order valence-electron chi connectivity index (χ4n) is 7.15. The highest BCUT2D eigenvalue weighted by molar-refractivity contribution is 9.10. The first-order valence-corrected chi connectivity index (χ1v) is 21.3. The molecule has 2 aliphatic rings. The van der Waals surface area contributed by atoms with Crippen molar-refractivity contribution in [2.24, 2.45) is 5.41 Å².